The van der Waals surface area contributed by atoms with Gasteiger partial charge in [0, 0.05) is 31.0 Å². The van der Waals surface area contributed by atoms with Crippen molar-refractivity contribution in [3.8, 4) is 0 Å². The van der Waals surface area contributed by atoms with Crippen LogP contribution in [0.5, 0.6) is 0 Å². The molecule has 0 heterocycles. The van der Waals surface area contributed by atoms with E-state index >= 15 is 0 Å². The number of carbonyl (C=O) groups excluding carboxylic acids is 2. The van der Waals surface area contributed by atoms with Crippen molar-refractivity contribution in [2.24, 2.45) is 41.4 Å². The predicted octanol–water partition coefficient (Wildman–Crippen LogP) is 3.30. The highest BCUT2D eigenvalue weighted by molar-refractivity contribution is 5.92. The fourth-order valence-electron chi connectivity index (χ4n) is 7.09. The number of ketones is 1. The molecule has 8 atom stereocenters. The van der Waals surface area contributed by atoms with E-state index in [4.69, 9.17) is 0 Å². The van der Waals surface area contributed by atoms with Crippen molar-refractivity contribution in [2.45, 2.75) is 52.0 Å². The highest BCUT2D eigenvalue weighted by atomic mass is 16.2. The van der Waals surface area contributed by atoms with Crippen LogP contribution in [-0.4, -0.2) is 29.7 Å². The smallest absolute Gasteiger partial charge is 0.248 e. The Hall–Kier alpha value is -1.12. The Bertz CT molecular complexity index is 568. The average Bonchev–Trinajstić information content (AvgIpc) is 3.28. The third-order valence-electron chi connectivity index (χ3n) is 7.73. The number of nitrogens with zero attached hydrogens (tertiary/aromatic N) is 1. The molecule has 3 nitrogen and oxygen atoms in total. The SMILES string of the molecule is C=C(C)C(=O)N(C)C1CC2CC1C1C3CC(C(=O)CC)C(C3)C21. The number of hydrogen-bond donors (Lipinski definition) is 0. The molecule has 0 aromatic heterocycles. The van der Waals surface area contributed by atoms with Crippen LogP contribution in [0.15, 0.2) is 12.2 Å². The minimum absolute atomic E-state index is 0.112. The average molecular weight is 315 g/mol. The van der Waals surface area contributed by atoms with E-state index in [1.165, 1.54) is 12.8 Å². The molecule has 0 saturated heterocycles. The van der Waals surface area contributed by atoms with E-state index in [0.29, 0.717) is 41.6 Å². The van der Waals surface area contributed by atoms with Gasteiger partial charge in [0.2, 0.25) is 5.91 Å². The summed E-state index contributed by atoms with van der Waals surface area (Å²) in [7, 11) is 1.97. The predicted molar refractivity (Wildman–Crippen MR) is 89.6 cm³/mol. The first-order valence-electron chi connectivity index (χ1n) is 9.39. The van der Waals surface area contributed by atoms with Crippen LogP contribution in [0, 0.1) is 41.4 Å². The van der Waals surface area contributed by atoms with Crippen LogP contribution < -0.4 is 0 Å². The summed E-state index contributed by atoms with van der Waals surface area (Å²) in [5.74, 6) is 5.37. The van der Waals surface area contributed by atoms with Gasteiger partial charge in [-0.3, -0.25) is 9.59 Å². The number of fused-ring (bicyclic) bond motifs is 9. The first kappa shape index (κ1) is 15.4. The van der Waals surface area contributed by atoms with Gasteiger partial charge in [0.15, 0.2) is 0 Å². The summed E-state index contributed by atoms with van der Waals surface area (Å²) < 4.78 is 0. The fraction of sp³-hybridized carbons (Fsp3) is 0.800. The first-order chi connectivity index (χ1) is 10.9. The quantitative estimate of drug-likeness (QED) is 0.590. The van der Waals surface area contributed by atoms with Gasteiger partial charge in [-0.05, 0) is 68.1 Å². The molecule has 4 bridgehead atoms. The molecule has 1 amide bonds. The lowest BCUT2D eigenvalue weighted by molar-refractivity contribution is -0.130. The van der Waals surface area contributed by atoms with Crippen molar-refractivity contribution in [3.63, 3.8) is 0 Å². The summed E-state index contributed by atoms with van der Waals surface area (Å²) in [5, 5.41) is 0. The highest BCUT2D eigenvalue weighted by Gasteiger charge is 2.65. The fourth-order valence-corrected chi connectivity index (χ4v) is 7.09. The van der Waals surface area contributed by atoms with E-state index in [2.05, 4.69) is 6.58 Å². The molecule has 4 aliphatic carbocycles. The molecule has 23 heavy (non-hydrogen) atoms. The molecule has 126 valence electrons. The number of carbonyl (C=O) groups is 2. The van der Waals surface area contributed by atoms with E-state index < -0.39 is 0 Å². The Kier molecular flexibility index (Phi) is 3.48. The van der Waals surface area contributed by atoms with Crippen molar-refractivity contribution in [3.05, 3.63) is 12.2 Å². The van der Waals surface area contributed by atoms with Crippen LogP contribution >= 0.6 is 0 Å². The van der Waals surface area contributed by atoms with Crippen LogP contribution in [0.1, 0.15) is 46.0 Å². The summed E-state index contributed by atoms with van der Waals surface area (Å²) in [6.45, 7) is 7.65. The summed E-state index contributed by atoms with van der Waals surface area (Å²) >= 11 is 0. The summed E-state index contributed by atoms with van der Waals surface area (Å²) in [6, 6.07) is 0.408. The van der Waals surface area contributed by atoms with Crippen molar-refractivity contribution >= 4 is 11.7 Å². The number of Topliss-reactive ketones (excluding diaryl/α,β-unsaturated/α-hetero) is 1. The molecule has 3 heteroatoms. The largest absolute Gasteiger partial charge is 0.339 e. The van der Waals surface area contributed by atoms with Gasteiger partial charge < -0.3 is 4.90 Å². The molecule has 0 aromatic carbocycles. The standard InChI is InChI=1S/C20H29NO2/c1-5-17(22)13-6-11-7-14(13)18-12-8-15(19(11)18)16(9-12)21(4)20(23)10(2)3/h11-16,18-19H,2,5-9H2,1,3-4H3. The molecule has 4 fully saturated rings. The van der Waals surface area contributed by atoms with Crippen LogP contribution in [0.4, 0.5) is 0 Å². The van der Waals surface area contributed by atoms with E-state index in [9.17, 15) is 9.59 Å². The zero-order valence-corrected chi connectivity index (χ0v) is 14.6. The third kappa shape index (κ3) is 2.01. The Morgan fingerprint density at radius 2 is 1.65 bits per heavy atom. The molecule has 0 spiro atoms. The maximum absolute atomic E-state index is 12.3. The maximum atomic E-state index is 12.3. The molecular weight excluding hydrogens is 286 g/mol. The van der Waals surface area contributed by atoms with Gasteiger partial charge in [-0.25, -0.2) is 0 Å². The first-order valence-corrected chi connectivity index (χ1v) is 9.39. The monoisotopic (exact) mass is 315 g/mol. The van der Waals surface area contributed by atoms with Crippen molar-refractivity contribution in [1.29, 1.82) is 0 Å². The zero-order valence-electron chi connectivity index (χ0n) is 14.6. The van der Waals surface area contributed by atoms with E-state index in [1.54, 1.807) is 0 Å². The van der Waals surface area contributed by atoms with Crippen LogP contribution in [0.2, 0.25) is 0 Å². The van der Waals surface area contributed by atoms with Gasteiger partial charge in [-0.15, -0.1) is 0 Å². The zero-order chi connectivity index (χ0) is 16.5. The van der Waals surface area contributed by atoms with Crippen LogP contribution in [-0.2, 0) is 9.59 Å². The number of rotatable bonds is 4. The lowest BCUT2D eigenvalue weighted by atomic mass is 9.65. The van der Waals surface area contributed by atoms with Crippen molar-refractivity contribution < 1.29 is 9.59 Å². The van der Waals surface area contributed by atoms with Crippen molar-refractivity contribution in [2.75, 3.05) is 7.05 Å². The Morgan fingerprint density at radius 1 is 1.04 bits per heavy atom. The number of likely N-dealkylation sites (N-methyl/N-ethyl adjacent to an activating group) is 1. The molecule has 0 radical (unpaired) electrons. The summed E-state index contributed by atoms with van der Waals surface area (Å²) in [6.07, 6.45) is 5.56. The van der Waals surface area contributed by atoms with Crippen LogP contribution in [0.25, 0.3) is 0 Å². The molecule has 4 saturated carbocycles. The minimum Gasteiger partial charge on any atom is -0.339 e. The Balaban J connectivity index is 1.53. The third-order valence-corrected chi connectivity index (χ3v) is 7.73. The minimum atomic E-state index is 0.112. The second-order valence-corrected chi connectivity index (χ2v) is 8.64. The summed E-state index contributed by atoms with van der Waals surface area (Å²) in [5.41, 5.74) is 0.647. The number of hydrogen-bond acceptors (Lipinski definition) is 2. The second kappa shape index (κ2) is 5.19. The molecule has 0 N–H and O–H groups in total. The summed E-state index contributed by atoms with van der Waals surface area (Å²) in [4.78, 5) is 26.6. The van der Waals surface area contributed by atoms with Gasteiger partial charge in [0.25, 0.3) is 0 Å². The topological polar surface area (TPSA) is 37.4 Å². The van der Waals surface area contributed by atoms with Gasteiger partial charge >= 0.3 is 0 Å². The van der Waals surface area contributed by atoms with Gasteiger partial charge in [0.05, 0.1) is 0 Å². The van der Waals surface area contributed by atoms with Gasteiger partial charge in [-0.1, -0.05) is 13.5 Å². The van der Waals surface area contributed by atoms with Gasteiger partial charge in [0.1, 0.15) is 5.78 Å². The molecule has 4 aliphatic rings. The molecule has 4 rings (SSSR count). The molecule has 0 aromatic rings. The normalized spacial score (nSPS) is 46.0. The van der Waals surface area contributed by atoms with E-state index in [0.717, 1.165) is 36.5 Å². The lowest BCUT2D eigenvalue weighted by Crippen LogP contribution is -2.47. The second-order valence-electron chi connectivity index (χ2n) is 8.64. The van der Waals surface area contributed by atoms with Crippen molar-refractivity contribution in [1.82, 2.24) is 4.90 Å². The van der Waals surface area contributed by atoms with Gasteiger partial charge in [-0.2, -0.15) is 0 Å². The molecular formula is C20H29NO2. The van der Waals surface area contributed by atoms with E-state index in [1.807, 2.05) is 25.8 Å². The lowest BCUT2D eigenvalue weighted by Gasteiger charge is -2.43. The molecule has 8 unspecified atom stereocenters. The van der Waals surface area contributed by atoms with E-state index in [-0.39, 0.29) is 5.91 Å². The maximum Gasteiger partial charge on any atom is 0.248 e. The Labute approximate surface area is 139 Å². The Morgan fingerprint density at radius 3 is 2.30 bits per heavy atom. The highest BCUT2D eigenvalue weighted by Crippen LogP contribution is 2.69. The molecule has 0 aliphatic heterocycles. The van der Waals surface area contributed by atoms with Crippen LogP contribution in [0.3, 0.4) is 0 Å². The number of amides is 1.